The molecular weight excluding hydrogens is 226 g/mol. The largest absolute Gasteiger partial charge is 0.464 e. The number of carbonyl (C=O) groups is 1. The molecule has 0 heterocycles. The normalized spacial score (nSPS) is 19.7. The van der Waals surface area contributed by atoms with Crippen molar-refractivity contribution >= 4 is 11.7 Å². The first-order chi connectivity index (χ1) is 8.52. The second kappa shape index (κ2) is 4.63. The maximum atomic E-state index is 12.3. The highest BCUT2D eigenvalue weighted by Gasteiger charge is 2.58. The smallest absolute Gasteiger partial charge is 0.332 e. The van der Waals surface area contributed by atoms with Gasteiger partial charge in [-0.25, -0.2) is 4.79 Å². The Morgan fingerprint density at radius 1 is 1.39 bits per heavy atom. The molecule has 0 aliphatic heterocycles. The lowest BCUT2D eigenvalue weighted by Gasteiger charge is -2.35. The number of para-hydroxylation sites is 1. The Hall–Kier alpha value is -1.51. The second-order valence-corrected chi connectivity index (χ2v) is 5.40. The number of hydrogen-bond donors (Lipinski definition) is 1. The highest BCUT2D eigenvalue weighted by atomic mass is 16.5. The van der Waals surface area contributed by atoms with E-state index in [1.165, 1.54) is 0 Å². The molecule has 0 saturated heterocycles. The van der Waals surface area contributed by atoms with Crippen LogP contribution in [0.3, 0.4) is 0 Å². The molecule has 3 heteroatoms. The van der Waals surface area contributed by atoms with Crippen LogP contribution in [-0.4, -0.2) is 18.1 Å². The van der Waals surface area contributed by atoms with E-state index in [1.54, 1.807) is 0 Å². The van der Waals surface area contributed by atoms with Crippen molar-refractivity contribution in [2.45, 2.75) is 39.2 Å². The van der Waals surface area contributed by atoms with Crippen molar-refractivity contribution in [2.75, 3.05) is 11.9 Å². The summed E-state index contributed by atoms with van der Waals surface area (Å²) in [7, 11) is 0. The summed E-state index contributed by atoms with van der Waals surface area (Å²) in [5.41, 5.74) is 0.306. The molecule has 98 valence electrons. The first-order valence-corrected chi connectivity index (χ1v) is 6.52. The van der Waals surface area contributed by atoms with E-state index in [9.17, 15) is 4.79 Å². The Morgan fingerprint density at radius 2 is 2.00 bits per heavy atom. The molecule has 1 atom stereocenters. The molecule has 1 aromatic carbocycles. The standard InChI is InChI=1S/C15H21NO2/c1-4-18-13(17)15(3,14(2)10-11-14)16-12-8-6-5-7-9-12/h5-9,16H,4,10-11H2,1-3H3. The molecule has 2 rings (SSSR count). The molecule has 3 nitrogen and oxygen atoms in total. The average molecular weight is 247 g/mol. The van der Waals surface area contributed by atoms with Gasteiger partial charge in [0.15, 0.2) is 0 Å². The molecule has 0 aromatic heterocycles. The van der Waals surface area contributed by atoms with Gasteiger partial charge in [0.25, 0.3) is 0 Å². The van der Waals surface area contributed by atoms with Gasteiger partial charge in [0.2, 0.25) is 0 Å². The van der Waals surface area contributed by atoms with Crippen molar-refractivity contribution in [3.05, 3.63) is 30.3 Å². The number of carbonyl (C=O) groups excluding carboxylic acids is 1. The van der Waals surface area contributed by atoms with Gasteiger partial charge in [0, 0.05) is 11.1 Å². The molecular formula is C15H21NO2. The summed E-state index contributed by atoms with van der Waals surface area (Å²) >= 11 is 0. The molecule has 0 radical (unpaired) electrons. The number of nitrogens with one attached hydrogen (secondary N) is 1. The third kappa shape index (κ3) is 2.22. The van der Waals surface area contributed by atoms with E-state index in [4.69, 9.17) is 4.74 Å². The number of rotatable bonds is 5. The third-order valence-electron chi connectivity index (χ3n) is 4.06. The quantitative estimate of drug-likeness (QED) is 0.812. The van der Waals surface area contributed by atoms with Crippen molar-refractivity contribution < 1.29 is 9.53 Å². The van der Waals surface area contributed by atoms with Crippen LogP contribution >= 0.6 is 0 Å². The van der Waals surface area contributed by atoms with Gasteiger partial charge in [-0.1, -0.05) is 25.1 Å². The minimum Gasteiger partial charge on any atom is -0.464 e. The molecule has 1 aromatic rings. The Bertz CT molecular complexity index is 425. The van der Waals surface area contributed by atoms with Crippen LogP contribution in [0.1, 0.15) is 33.6 Å². The van der Waals surface area contributed by atoms with Gasteiger partial charge in [-0.3, -0.25) is 0 Å². The van der Waals surface area contributed by atoms with Crippen molar-refractivity contribution in [1.82, 2.24) is 0 Å². The van der Waals surface area contributed by atoms with Crippen LogP contribution in [0.15, 0.2) is 30.3 Å². The zero-order valence-corrected chi connectivity index (χ0v) is 11.3. The second-order valence-electron chi connectivity index (χ2n) is 5.40. The van der Waals surface area contributed by atoms with Crippen LogP contribution in [0.2, 0.25) is 0 Å². The van der Waals surface area contributed by atoms with E-state index in [-0.39, 0.29) is 11.4 Å². The zero-order valence-electron chi connectivity index (χ0n) is 11.3. The summed E-state index contributed by atoms with van der Waals surface area (Å²) in [5, 5.41) is 3.37. The maximum absolute atomic E-state index is 12.3. The fourth-order valence-electron chi connectivity index (χ4n) is 2.22. The minimum absolute atomic E-state index is 0.00487. The molecule has 1 fully saturated rings. The number of ether oxygens (including phenoxy) is 1. The molecule has 0 amide bonds. The number of hydrogen-bond acceptors (Lipinski definition) is 3. The first kappa shape index (κ1) is 12.9. The predicted octanol–water partition coefficient (Wildman–Crippen LogP) is 3.22. The van der Waals surface area contributed by atoms with E-state index in [1.807, 2.05) is 44.2 Å². The van der Waals surface area contributed by atoms with Crippen molar-refractivity contribution in [2.24, 2.45) is 5.41 Å². The Morgan fingerprint density at radius 3 is 2.50 bits per heavy atom. The van der Waals surface area contributed by atoms with Crippen molar-refractivity contribution in [1.29, 1.82) is 0 Å². The molecule has 1 aliphatic rings. The van der Waals surface area contributed by atoms with E-state index in [2.05, 4.69) is 12.2 Å². The fraction of sp³-hybridized carbons (Fsp3) is 0.533. The van der Waals surface area contributed by atoms with Gasteiger partial charge in [-0.05, 0) is 38.8 Å². The predicted molar refractivity (Wildman–Crippen MR) is 72.4 cm³/mol. The molecule has 0 bridgehead atoms. The summed E-state index contributed by atoms with van der Waals surface area (Å²) in [6, 6.07) is 9.84. The summed E-state index contributed by atoms with van der Waals surface area (Å²) < 4.78 is 5.24. The monoisotopic (exact) mass is 247 g/mol. The van der Waals surface area contributed by atoms with Crippen molar-refractivity contribution in [3.8, 4) is 0 Å². The molecule has 0 spiro atoms. The van der Waals surface area contributed by atoms with E-state index >= 15 is 0 Å². The number of anilines is 1. The molecule has 18 heavy (non-hydrogen) atoms. The average Bonchev–Trinajstić information content (AvgIpc) is 3.10. The third-order valence-corrected chi connectivity index (χ3v) is 4.06. The highest BCUT2D eigenvalue weighted by Crippen LogP contribution is 2.55. The first-order valence-electron chi connectivity index (χ1n) is 6.52. The summed E-state index contributed by atoms with van der Waals surface area (Å²) in [6.07, 6.45) is 2.12. The highest BCUT2D eigenvalue weighted by molar-refractivity contribution is 5.86. The molecule has 1 saturated carbocycles. The summed E-state index contributed by atoms with van der Waals surface area (Å²) in [6.45, 7) is 6.35. The number of benzene rings is 1. The van der Waals surface area contributed by atoms with Crippen LogP contribution in [0.4, 0.5) is 5.69 Å². The van der Waals surface area contributed by atoms with Gasteiger partial charge < -0.3 is 10.1 Å². The molecule has 1 aliphatic carbocycles. The van der Waals surface area contributed by atoms with Gasteiger partial charge in [-0.2, -0.15) is 0 Å². The van der Waals surface area contributed by atoms with Gasteiger partial charge in [0.05, 0.1) is 6.61 Å². The van der Waals surface area contributed by atoms with Crippen LogP contribution in [0, 0.1) is 5.41 Å². The lowest BCUT2D eigenvalue weighted by Crippen LogP contribution is -2.51. The van der Waals surface area contributed by atoms with Crippen LogP contribution < -0.4 is 5.32 Å². The van der Waals surface area contributed by atoms with E-state index < -0.39 is 5.54 Å². The van der Waals surface area contributed by atoms with Crippen LogP contribution in [0.25, 0.3) is 0 Å². The maximum Gasteiger partial charge on any atom is 0.332 e. The topological polar surface area (TPSA) is 38.3 Å². The molecule has 1 N–H and O–H groups in total. The summed E-state index contributed by atoms with van der Waals surface area (Å²) in [5.74, 6) is -0.158. The van der Waals surface area contributed by atoms with Gasteiger partial charge in [-0.15, -0.1) is 0 Å². The Labute approximate surface area is 109 Å². The van der Waals surface area contributed by atoms with Crippen LogP contribution in [0.5, 0.6) is 0 Å². The summed E-state index contributed by atoms with van der Waals surface area (Å²) in [4.78, 5) is 12.3. The lowest BCUT2D eigenvalue weighted by molar-refractivity contribution is -0.150. The van der Waals surface area contributed by atoms with Crippen LogP contribution in [-0.2, 0) is 9.53 Å². The van der Waals surface area contributed by atoms with E-state index in [0.717, 1.165) is 18.5 Å². The van der Waals surface area contributed by atoms with E-state index in [0.29, 0.717) is 6.61 Å². The Balaban J connectivity index is 2.23. The Kier molecular flexibility index (Phi) is 3.33. The van der Waals surface area contributed by atoms with Gasteiger partial charge in [0.1, 0.15) is 5.54 Å². The lowest BCUT2D eigenvalue weighted by atomic mass is 9.83. The zero-order chi connectivity index (χ0) is 13.2. The SMILES string of the molecule is CCOC(=O)C(C)(Nc1ccccc1)C1(C)CC1. The minimum atomic E-state index is -0.648. The van der Waals surface area contributed by atoms with Gasteiger partial charge >= 0.3 is 5.97 Å². The van der Waals surface area contributed by atoms with Crippen molar-refractivity contribution in [3.63, 3.8) is 0 Å². The fourth-order valence-corrected chi connectivity index (χ4v) is 2.22. The molecule has 1 unspecified atom stereocenters. The number of esters is 1.